The third kappa shape index (κ3) is 4.47. The topological polar surface area (TPSA) is 42.0 Å². The Morgan fingerprint density at radius 2 is 1.88 bits per heavy atom. The molecule has 0 radical (unpaired) electrons. The maximum absolute atomic E-state index is 12.4. The van der Waals surface area contributed by atoms with E-state index in [1.165, 1.54) is 0 Å². The lowest BCUT2D eigenvalue weighted by atomic mass is 10.0. The number of carbonyl (C=O) groups is 1. The second-order valence-corrected chi connectivity index (χ2v) is 5.92. The molecule has 0 saturated heterocycles. The van der Waals surface area contributed by atoms with E-state index in [0.717, 1.165) is 16.7 Å². The van der Waals surface area contributed by atoms with Crippen LogP contribution in [0.15, 0.2) is 67.0 Å². The van der Waals surface area contributed by atoms with Crippen LogP contribution in [0.3, 0.4) is 0 Å². The zero-order valence-electron chi connectivity index (χ0n) is 13.6. The number of pyridine rings is 1. The van der Waals surface area contributed by atoms with Crippen LogP contribution in [-0.4, -0.2) is 10.9 Å². The summed E-state index contributed by atoms with van der Waals surface area (Å²) in [7, 11) is 0. The molecule has 4 heteroatoms. The van der Waals surface area contributed by atoms with Gasteiger partial charge in [0.25, 0.3) is 5.91 Å². The van der Waals surface area contributed by atoms with Crippen molar-refractivity contribution in [1.82, 2.24) is 4.98 Å². The first kappa shape index (κ1) is 16.8. The number of halogens is 1. The van der Waals surface area contributed by atoms with E-state index in [1.807, 2.05) is 25.1 Å². The Morgan fingerprint density at radius 1 is 1.08 bits per heavy atom. The predicted octanol–water partition coefficient (Wildman–Crippen LogP) is 4.70. The van der Waals surface area contributed by atoms with Crippen LogP contribution < -0.4 is 5.32 Å². The number of carbonyl (C=O) groups excluding carboxylic acids is 1. The van der Waals surface area contributed by atoms with Crippen molar-refractivity contribution >= 4 is 23.2 Å². The number of hydrogen-bond donors (Lipinski definition) is 1. The van der Waals surface area contributed by atoms with E-state index >= 15 is 0 Å². The van der Waals surface area contributed by atoms with Gasteiger partial charge in [-0.25, -0.2) is 0 Å². The summed E-state index contributed by atoms with van der Waals surface area (Å²) in [5.74, 6) is 5.99. The molecule has 0 aliphatic rings. The quantitative estimate of drug-likeness (QED) is 0.684. The number of rotatable bonds is 2. The second kappa shape index (κ2) is 7.65. The Kier molecular flexibility index (Phi) is 5.13. The Balaban J connectivity index is 1.82. The van der Waals surface area contributed by atoms with E-state index in [0.29, 0.717) is 16.3 Å². The normalized spacial score (nSPS) is 9.84. The summed E-state index contributed by atoms with van der Waals surface area (Å²) in [6.45, 7) is 1.97. The number of aromatic nitrogens is 1. The van der Waals surface area contributed by atoms with Crippen LogP contribution in [0.5, 0.6) is 0 Å². The van der Waals surface area contributed by atoms with E-state index in [4.69, 9.17) is 11.6 Å². The number of amides is 1. The molecule has 0 spiro atoms. The van der Waals surface area contributed by atoms with Gasteiger partial charge in [-0.2, -0.15) is 0 Å². The van der Waals surface area contributed by atoms with Gasteiger partial charge in [-0.1, -0.05) is 29.5 Å². The van der Waals surface area contributed by atoms with Gasteiger partial charge in [-0.05, 0) is 61.0 Å². The van der Waals surface area contributed by atoms with Crippen molar-refractivity contribution in [2.45, 2.75) is 6.92 Å². The summed E-state index contributed by atoms with van der Waals surface area (Å²) in [5, 5.41) is 3.48. The Hall–Kier alpha value is -3.09. The molecule has 0 aliphatic carbocycles. The first-order chi connectivity index (χ1) is 12.1. The molecule has 0 bridgehead atoms. The van der Waals surface area contributed by atoms with E-state index in [2.05, 4.69) is 22.1 Å². The van der Waals surface area contributed by atoms with Crippen LogP contribution in [-0.2, 0) is 0 Å². The summed E-state index contributed by atoms with van der Waals surface area (Å²) >= 11 is 5.86. The molecule has 25 heavy (non-hydrogen) atoms. The van der Waals surface area contributed by atoms with Gasteiger partial charge in [0.2, 0.25) is 0 Å². The molecule has 122 valence electrons. The number of nitrogens with zero attached hydrogens (tertiary/aromatic N) is 1. The molecule has 0 saturated carbocycles. The number of aryl methyl sites for hydroxylation is 1. The maximum Gasteiger partial charge on any atom is 0.255 e. The minimum absolute atomic E-state index is 0.188. The molecule has 2 aromatic carbocycles. The molecule has 1 aromatic heterocycles. The Labute approximate surface area is 151 Å². The van der Waals surface area contributed by atoms with Crippen LogP contribution in [0.25, 0.3) is 0 Å². The van der Waals surface area contributed by atoms with Crippen LogP contribution in [0, 0.1) is 18.8 Å². The van der Waals surface area contributed by atoms with Crippen molar-refractivity contribution < 1.29 is 4.79 Å². The molecule has 3 nitrogen and oxygen atoms in total. The van der Waals surface area contributed by atoms with E-state index in [9.17, 15) is 4.79 Å². The van der Waals surface area contributed by atoms with Gasteiger partial charge in [0.15, 0.2) is 0 Å². The monoisotopic (exact) mass is 346 g/mol. The lowest BCUT2D eigenvalue weighted by molar-refractivity contribution is 0.102. The smallest absolute Gasteiger partial charge is 0.255 e. The SMILES string of the molecule is Cc1ccc(C(=O)Nc2ccc(Cl)cc2)cc1C#Cc1cccnc1. The lowest BCUT2D eigenvalue weighted by Crippen LogP contribution is -2.12. The largest absolute Gasteiger partial charge is 0.322 e. The molecule has 1 N–H and O–H groups in total. The van der Waals surface area contributed by atoms with Gasteiger partial charge in [-0.3, -0.25) is 9.78 Å². The van der Waals surface area contributed by atoms with Crippen molar-refractivity contribution in [2.24, 2.45) is 0 Å². The fourth-order valence-corrected chi connectivity index (χ4v) is 2.34. The van der Waals surface area contributed by atoms with Crippen LogP contribution >= 0.6 is 11.6 Å². The molecule has 1 amide bonds. The van der Waals surface area contributed by atoms with Crippen LogP contribution in [0.1, 0.15) is 27.0 Å². The molecule has 0 unspecified atom stereocenters. The summed E-state index contributed by atoms with van der Waals surface area (Å²) < 4.78 is 0. The summed E-state index contributed by atoms with van der Waals surface area (Å²) in [5.41, 5.74) is 3.90. The highest BCUT2D eigenvalue weighted by molar-refractivity contribution is 6.30. The summed E-state index contributed by atoms with van der Waals surface area (Å²) in [6, 6.07) is 16.2. The number of anilines is 1. The number of nitrogens with one attached hydrogen (secondary N) is 1. The molecule has 0 fully saturated rings. The Morgan fingerprint density at radius 3 is 2.60 bits per heavy atom. The van der Waals surface area contributed by atoms with Crippen molar-refractivity contribution in [3.05, 3.63) is 94.3 Å². The molecular weight excluding hydrogens is 332 g/mol. The van der Waals surface area contributed by atoms with Crippen LogP contribution in [0.2, 0.25) is 5.02 Å². The first-order valence-corrected chi connectivity index (χ1v) is 8.09. The highest BCUT2D eigenvalue weighted by Crippen LogP contribution is 2.16. The lowest BCUT2D eigenvalue weighted by Gasteiger charge is -2.07. The molecule has 0 aliphatic heterocycles. The van der Waals surface area contributed by atoms with Gasteiger partial charge < -0.3 is 5.32 Å². The zero-order chi connectivity index (χ0) is 17.6. The van der Waals surface area contributed by atoms with Crippen molar-refractivity contribution in [2.75, 3.05) is 5.32 Å². The van der Waals surface area contributed by atoms with Gasteiger partial charge in [0.1, 0.15) is 0 Å². The van der Waals surface area contributed by atoms with Crippen LogP contribution in [0.4, 0.5) is 5.69 Å². The molecule has 0 atom stereocenters. The molecule has 3 rings (SSSR count). The van der Waals surface area contributed by atoms with Crippen molar-refractivity contribution in [1.29, 1.82) is 0 Å². The third-order valence-corrected chi connectivity index (χ3v) is 3.86. The number of hydrogen-bond acceptors (Lipinski definition) is 2. The van der Waals surface area contributed by atoms with Gasteiger partial charge in [0, 0.05) is 39.8 Å². The average molecular weight is 347 g/mol. The molecular formula is C21H15ClN2O. The maximum atomic E-state index is 12.4. The minimum atomic E-state index is -0.188. The first-order valence-electron chi connectivity index (χ1n) is 7.71. The van der Waals surface area contributed by atoms with Gasteiger partial charge >= 0.3 is 0 Å². The fourth-order valence-electron chi connectivity index (χ4n) is 2.21. The van der Waals surface area contributed by atoms with Gasteiger partial charge in [-0.15, -0.1) is 0 Å². The minimum Gasteiger partial charge on any atom is -0.322 e. The molecule has 1 heterocycles. The Bertz CT molecular complexity index is 955. The average Bonchev–Trinajstić information content (AvgIpc) is 2.64. The standard InChI is InChI=1S/C21H15ClN2O/c1-15-4-6-18(21(25)24-20-10-8-19(22)9-11-20)13-17(15)7-5-16-3-2-12-23-14-16/h2-4,6,8-14H,1H3,(H,24,25). The van der Waals surface area contributed by atoms with E-state index in [1.54, 1.807) is 48.8 Å². The highest BCUT2D eigenvalue weighted by atomic mass is 35.5. The second-order valence-electron chi connectivity index (χ2n) is 5.48. The van der Waals surface area contributed by atoms with E-state index in [-0.39, 0.29) is 5.91 Å². The van der Waals surface area contributed by atoms with E-state index < -0.39 is 0 Å². The summed E-state index contributed by atoms with van der Waals surface area (Å²) in [6.07, 6.45) is 3.41. The van der Waals surface area contributed by atoms with Gasteiger partial charge in [0.05, 0.1) is 0 Å². The van der Waals surface area contributed by atoms with Crippen molar-refractivity contribution in [3.8, 4) is 11.8 Å². The third-order valence-electron chi connectivity index (χ3n) is 3.60. The fraction of sp³-hybridized carbons (Fsp3) is 0.0476. The highest BCUT2D eigenvalue weighted by Gasteiger charge is 2.08. The zero-order valence-corrected chi connectivity index (χ0v) is 14.3. The van der Waals surface area contributed by atoms with Crippen molar-refractivity contribution in [3.63, 3.8) is 0 Å². The predicted molar refractivity (Wildman–Crippen MR) is 101 cm³/mol. The number of benzene rings is 2. The molecule has 3 aromatic rings. The summed E-state index contributed by atoms with van der Waals surface area (Å²) in [4.78, 5) is 16.5.